The maximum Gasteiger partial charge on any atom is 0.339 e. The molecular weight excluding hydrogens is 392 g/mol. The highest BCUT2D eigenvalue weighted by Crippen LogP contribution is 2.33. The summed E-state index contributed by atoms with van der Waals surface area (Å²) < 4.78 is 5.15. The number of hydrogen-bond acceptors (Lipinski definition) is 8. The van der Waals surface area contributed by atoms with Crippen LogP contribution in [0, 0.1) is 0 Å². The van der Waals surface area contributed by atoms with Crippen LogP contribution in [0.25, 0.3) is 21.5 Å². The van der Waals surface area contributed by atoms with Gasteiger partial charge in [0, 0.05) is 16.3 Å². The lowest BCUT2D eigenvalue weighted by atomic mass is 10.1. The molecule has 0 aliphatic carbocycles. The van der Waals surface area contributed by atoms with Gasteiger partial charge in [0.25, 0.3) is 0 Å². The average Bonchev–Trinajstić information content (AvgIpc) is 3.36. The molecule has 0 saturated carbocycles. The Bertz CT molecular complexity index is 1120. The fourth-order valence-electron chi connectivity index (χ4n) is 2.81. The number of thiophene rings is 1. The third kappa shape index (κ3) is 3.61. The van der Waals surface area contributed by atoms with Gasteiger partial charge in [0.2, 0.25) is 0 Å². The van der Waals surface area contributed by atoms with Gasteiger partial charge in [-0.3, -0.25) is 0 Å². The van der Waals surface area contributed by atoms with Crippen LogP contribution in [-0.4, -0.2) is 27.5 Å². The SMILES string of the molecule is CCOC(=O)c1csc2ncnc(Nc3nc(-c4ccc(CC)cc4)cs3)c12. The van der Waals surface area contributed by atoms with E-state index in [1.807, 2.05) is 5.38 Å². The van der Waals surface area contributed by atoms with E-state index >= 15 is 0 Å². The van der Waals surface area contributed by atoms with Crippen molar-refractivity contribution in [1.82, 2.24) is 15.0 Å². The van der Waals surface area contributed by atoms with E-state index in [1.165, 1.54) is 34.6 Å². The van der Waals surface area contributed by atoms with Crippen LogP contribution in [0.2, 0.25) is 0 Å². The minimum Gasteiger partial charge on any atom is -0.462 e. The number of nitrogens with one attached hydrogen (secondary N) is 1. The van der Waals surface area contributed by atoms with E-state index in [9.17, 15) is 4.79 Å². The Labute approximate surface area is 170 Å². The topological polar surface area (TPSA) is 77.0 Å². The van der Waals surface area contributed by atoms with Crippen LogP contribution in [0.5, 0.6) is 0 Å². The largest absolute Gasteiger partial charge is 0.462 e. The van der Waals surface area contributed by atoms with Gasteiger partial charge in [0.1, 0.15) is 17.0 Å². The number of carbonyl (C=O) groups is 1. The van der Waals surface area contributed by atoms with Gasteiger partial charge in [-0.25, -0.2) is 19.7 Å². The lowest BCUT2D eigenvalue weighted by molar-refractivity contribution is 0.0529. The predicted molar refractivity (Wildman–Crippen MR) is 114 cm³/mol. The molecule has 3 aromatic heterocycles. The highest BCUT2D eigenvalue weighted by Gasteiger charge is 2.19. The van der Waals surface area contributed by atoms with Crippen molar-refractivity contribution in [3.8, 4) is 11.3 Å². The summed E-state index contributed by atoms with van der Waals surface area (Å²) in [6.07, 6.45) is 2.49. The number of nitrogens with zero attached hydrogens (tertiary/aromatic N) is 3. The summed E-state index contributed by atoms with van der Waals surface area (Å²) in [4.78, 5) is 26.2. The first-order chi connectivity index (χ1) is 13.7. The fourth-order valence-corrected chi connectivity index (χ4v) is 4.40. The monoisotopic (exact) mass is 410 g/mol. The molecule has 28 heavy (non-hydrogen) atoms. The van der Waals surface area contributed by atoms with Crippen LogP contribution < -0.4 is 5.32 Å². The number of anilines is 2. The number of carbonyl (C=O) groups excluding carboxylic acids is 1. The smallest absolute Gasteiger partial charge is 0.339 e. The van der Waals surface area contributed by atoms with Crippen molar-refractivity contribution in [1.29, 1.82) is 0 Å². The first-order valence-corrected chi connectivity index (χ1v) is 10.7. The first kappa shape index (κ1) is 18.5. The normalized spacial score (nSPS) is 10.9. The van der Waals surface area contributed by atoms with E-state index in [2.05, 4.69) is 51.5 Å². The summed E-state index contributed by atoms with van der Waals surface area (Å²) in [5.41, 5.74) is 3.73. The second-order valence-electron chi connectivity index (χ2n) is 5.99. The van der Waals surface area contributed by atoms with Crippen molar-refractivity contribution in [3.63, 3.8) is 0 Å². The van der Waals surface area contributed by atoms with E-state index < -0.39 is 0 Å². The minimum atomic E-state index is -0.373. The van der Waals surface area contributed by atoms with Gasteiger partial charge in [-0.15, -0.1) is 22.7 Å². The van der Waals surface area contributed by atoms with Gasteiger partial charge >= 0.3 is 5.97 Å². The number of rotatable bonds is 6. The van der Waals surface area contributed by atoms with Crippen molar-refractivity contribution < 1.29 is 9.53 Å². The molecule has 8 heteroatoms. The molecule has 0 spiro atoms. The number of aryl methyl sites for hydroxylation is 1. The lowest BCUT2D eigenvalue weighted by Crippen LogP contribution is -2.05. The minimum absolute atomic E-state index is 0.319. The number of benzene rings is 1. The Morgan fingerprint density at radius 3 is 2.68 bits per heavy atom. The quantitative estimate of drug-likeness (QED) is 0.435. The Morgan fingerprint density at radius 1 is 1.11 bits per heavy atom. The van der Waals surface area contributed by atoms with E-state index in [-0.39, 0.29) is 5.97 Å². The van der Waals surface area contributed by atoms with Crippen molar-refractivity contribution in [2.75, 3.05) is 11.9 Å². The van der Waals surface area contributed by atoms with Crippen LogP contribution in [0.1, 0.15) is 29.8 Å². The van der Waals surface area contributed by atoms with Crippen LogP contribution in [0.4, 0.5) is 10.9 Å². The molecule has 4 aromatic rings. The van der Waals surface area contributed by atoms with Crippen molar-refractivity contribution in [3.05, 3.63) is 52.5 Å². The summed E-state index contributed by atoms with van der Waals surface area (Å²) in [7, 11) is 0. The highest BCUT2D eigenvalue weighted by atomic mass is 32.1. The summed E-state index contributed by atoms with van der Waals surface area (Å²) >= 11 is 2.88. The number of esters is 1. The van der Waals surface area contributed by atoms with E-state index in [0.717, 1.165) is 22.5 Å². The van der Waals surface area contributed by atoms with Crippen molar-refractivity contribution in [2.45, 2.75) is 20.3 Å². The molecule has 0 saturated heterocycles. The molecule has 3 heterocycles. The van der Waals surface area contributed by atoms with Gasteiger partial charge in [-0.1, -0.05) is 31.2 Å². The molecule has 6 nitrogen and oxygen atoms in total. The first-order valence-electron chi connectivity index (χ1n) is 8.90. The van der Waals surface area contributed by atoms with E-state index in [1.54, 1.807) is 12.3 Å². The molecule has 0 unspecified atom stereocenters. The Morgan fingerprint density at radius 2 is 1.93 bits per heavy atom. The number of ether oxygens (including phenoxy) is 1. The molecule has 4 rings (SSSR count). The van der Waals surface area contributed by atoms with Gasteiger partial charge < -0.3 is 10.1 Å². The van der Waals surface area contributed by atoms with Gasteiger partial charge in [-0.2, -0.15) is 0 Å². The molecule has 1 N–H and O–H groups in total. The molecule has 0 fully saturated rings. The number of hydrogen-bond donors (Lipinski definition) is 1. The van der Waals surface area contributed by atoms with Crippen molar-refractivity contribution >= 4 is 49.8 Å². The molecular formula is C20H18N4O2S2. The zero-order valence-electron chi connectivity index (χ0n) is 15.4. The van der Waals surface area contributed by atoms with E-state index in [0.29, 0.717) is 28.5 Å². The number of thiazole rings is 1. The average molecular weight is 411 g/mol. The highest BCUT2D eigenvalue weighted by molar-refractivity contribution is 7.17. The fraction of sp³-hybridized carbons (Fsp3) is 0.200. The van der Waals surface area contributed by atoms with Gasteiger partial charge in [0.05, 0.1) is 23.3 Å². The summed E-state index contributed by atoms with van der Waals surface area (Å²) in [6.45, 7) is 4.24. The molecule has 1 aromatic carbocycles. The summed E-state index contributed by atoms with van der Waals surface area (Å²) in [5.74, 6) is 0.180. The number of fused-ring (bicyclic) bond motifs is 1. The summed E-state index contributed by atoms with van der Waals surface area (Å²) in [6, 6.07) is 8.40. The second kappa shape index (κ2) is 8.04. The molecule has 0 radical (unpaired) electrons. The van der Waals surface area contributed by atoms with Crippen LogP contribution in [0.3, 0.4) is 0 Å². The lowest BCUT2D eigenvalue weighted by Gasteiger charge is -2.05. The molecule has 0 aliphatic rings. The van der Waals surface area contributed by atoms with Gasteiger partial charge in [-0.05, 0) is 18.9 Å². The molecule has 142 valence electrons. The molecule has 0 aliphatic heterocycles. The third-order valence-electron chi connectivity index (χ3n) is 4.25. The summed E-state index contributed by atoms with van der Waals surface area (Å²) in [5, 5.41) is 8.36. The van der Waals surface area contributed by atoms with Crippen molar-refractivity contribution in [2.24, 2.45) is 0 Å². The molecule has 0 bridgehead atoms. The third-order valence-corrected chi connectivity index (χ3v) is 5.90. The Balaban J connectivity index is 1.64. The maximum atomic E-state index is 12.3. The molecule has 0 amide bonds. The van der Waals surface area contributed by atoms with Crippen LogP contribution >= 0.6 is 22.7 Å². The maximum absolute atomic E-state index is 12.3. The van der Waals surface area contributed by atoms with E-state index in [4.69, 9.17) is 4.74 Å². The zero-order valence-corrected chi connectivity index (χ0v) is 17.1. The van der Waals surface area contributed by atoms with Gasteiger partial charge in [0.15, 0.2) is 5.13 Å². The second-order valence-corrected chi connectivity index (χ2v) is 7.70. The zero-order chi connectivity index (χ0) is 19.5. The number of aromatic nitrogens is 3. The van der Waals surface area contributed by atoms with Crippen LogP contribution in [-0.2, 0) is 11.2 Å². The Kier molecular flexibility index (Phi) is 5.31. The molecule has 0 atom stereocenters. The Hall–Kier alpha value is -2.84. The van der Waals surface area contributed by atoms with Crippen LogP contribution in [0.15, 0.2) is 41.4 Å². The standard InChI is InChI=1S/C20H18N4O2S2/c1-3-12-5-7-13(8-6-12)15-10-28-20(23-15)24-17-16-14(19(25)26-4-2)9-27-18(16)22-11-21-17/h5-11H,3-4H2,1-2H3,(H,21,22,23,24). The predicted octanol–water partition coefficient (Wildman–Crippen LogP) is 5.30.